The maximum absolute atomic E-state index is 11.1. The van der Waals surface area contributed by atoms with Crippen molar-refractivity contribution in [3.05, 3.63) is 0 Å². The van der Waals surface area contributed by atoms with Crippen LogP contribution in [0.15, 0.2) is 0 Å². The molecule has 0 heterocycles. The number of rotatable bonds is 9. The van der Waals surface area contributed by atoms with E-state index in [0.717, 1.165) is 6.42 Å². The first-order valence-electron chi connectivity index (χ1n) is 5.34. The van der Waals surface area contributed by atoms with E-state index in [2.05, 4.69) is 0 Å². The van der Waals surface area contributed by atoms with E-state index >= 15 is 0 Å². The molecule has 0 aliphatic heterocycles. The second-order valence-electron chi connectivity index (χ2n) is 3.26. The van der Waals surface area contributed by atoms with E-state index in [1.165, 1.54) is 0 Å². The van der Waals surface area contributed by atoms with E-state index in [1.54, 1.807) is 0 Å². The van der Waals surface area contributed by atoms with Gasteiger partial charge in [-0.1, -0.05) is 6.92 Å². The van der Waals surface area contributed by atoms with E-state index in [0.29, 0.717) is 32.7 Å². The fourth-order valence-corrected chi connectivity index (χ4v) is 1.16. The van der Waals surface area contributed by atoms with Crippen LogP contribution in [0.4, 0.5) is 0 Å². The SMILES string of the molecule is CCCOC(=O)CCN(CCO)CCO.[Ac].[Ac]. The maximum Gasteiger partial charge on any atom is 0.307 e. The molecule has 5 nitrogen and oxygen atoms in total. The predicted molar refractivity (Wildman–Crippen MR) is 56.5 cm³/mol. The molecule has 17 heavy (non-hydrogen) atoms. The summed E-state index contributed by atoms with van der Waals surface area (Å²) >= 11 is 0. The van der Waals surface area contributed by atoms with Crippen molar-refractivity contribution in [2.24, 2.45) is 0 Å². The van der Waals surface area contributed by atoms with Gasteiger partial charge in [-0.2, -0.15) is 0 Å². The number of carbonyl (C=O) groups excluding carboxylic acids is 1. The third-order valence-electron chi connectivity index (χ3n) is 1.93. The molecule has 0 amide bonds. The molecule has 0 bridgehead atoms. The molecular formula is C10H21Ac2NO4. The summed E-state index contributed by atoms with van der Waals surface area (Å²) in [5.74, 6) is -0.224. The van der Waals surface area contributed by atoms with Gasteiger partial charge in [0, 0.05) is 108 Å². The van der Waals surface area contributed by atoms with E-state index in [-0.39, 0.29) is 107 Å². The van der Waals surface area contributed by atoms with Crippen molar-refractivity contribution in [2.75, 3.05) is 39.5 Å². The summed E-state index contributed by atoms with van der Waals surface area (Å²) in [7, 11) is 0. The average molecular weight is 673 g/mol. The Hall–Kier alpha value is 2.23. The smallest absolute Gasteiger partial charge is 0.307 e. The minimum Gasteiger partial charge on any atom is -0.466 e. The molecule has 0 aromatic carbocycles. The van der Waals surface area contributed by atoms with Gasteiger partial charge in [-0.3, -0.25) is 9.69 Å². The average Bonchev–Trinajstić information content (AvgIpc) is 2.23. The summed E-state index contributed by atoms with van der Waals surface area (Å²) in [4.78, 5) is 13.0. The van der Waals surface area contributed by atoms with Crippen LogP contribution in [0.5, 0.6) is 0 Å². The number of hydrogen-bond acceptors (Lipinski definition) is 5. The molecule has 0 spiro atoms. The van der Waals surface area contributed by atoms with Crippen LogP contribution in [0.3, 0.4) is 0 Å². The molecule has 2 N–H and O–H groups in total. The third kappa shape index (κ3) is 16.2. The van der Waals surface area contributed by atoms with Gasteiger partial charge in [0.05, 0.1) is 26.2 Å². The number of aliphatic hydroxyl groups is 2. The molecule has 0 unspecified atom stereocenters. The number of nitrogens with zero attached hydrogens (tertiary/aromatic N) is 1. The maximum atomic E-state index is 11.1. The van der Waals surface area contributed by atoms with Crippen molar-refractivity contribution in [2.45, 2.75) is 19.8 Å². The van der Waals surface area contributed by atoms with Crippen molar-refractivity contribution in [1.29, 1.82) is 0 Å². The molecule has 0 saturated carbocycles. The van der Waals surface area contributed by atoms with Gasteiger partial charge in [-0.25, -0.2) is 0 Å². The zero-order chi connectivity index (χ0) is 11.5. The minimum absolute atomic E-state index is 0. The third-order valence-corrected chi connectivity index (χ3v) is 1.93. The molecule has 96 valence electrons. The van der Waals surface area contributed by atoms with Gasteiger partial charge in [0.2, 0.25) is 0 Å². The van der Waals surface area contributed by atoms with Gasteiger partial charge < -0.3 is 14.9 Å². The second-order valence-corrected chi connectivity index (χ2v) is 3.26. The molecular weight excluding hydrogens is 652 g/mol. The molecule has 7 heteroatoms. The first kappa shape index (κ1) is 24.3. The largest absolute Gasteiger partial charge is 0.466 e. The van der Waals surface area contributed by atoms with Crippen LogP contribution >= 0.6 is 0 Å². The Morgan fingerprint density at radius 3 is 2.06 bits per heavy atom. The Morgan fingerprint density at radius 1 is 1.12 bits per heavy atom. The number of hydrogen-bond donors (Lipinski definition) is 2. The van der Waals surface area contributed by atoms with Crippen molar-refractivity contribution in [3.8, 4) is 0 Å². The minimum atomic E-state index is -0.224. The first-order chi connectivity index (χ1) is 7.24. The molecule has 0 fully saturated rings. The van der Waals surface area contributed by atoms with Gasteiger partial charge >= 0.3 is 5.97 Å². The summed E-state index contributed by atoms with van der Waals surface area (Å²) in [6.45, 7) is 3.93. The van der Waals surface area contributed by atoms with Crippen LogP contribution < -0.4 is 0 Å². The monoisotopic (exact) mass is 673 g/mol. The topological polar surface area (TPSA) is 70.0 Å². The summed E-state index contributed by atoms with van der Waals surface area (Å²) in [6.07, 6.45) is 1.13. The quantitative estimate of drug-likeness (QED) is 0.327. The normalized spacial score (nSPS) is 9.41. The van der Waals surface area contributed by atoms with Gasteiger partial charge in [0.25, 0.3) is 0 Å². The molecule has 0 aliphatic rings. The number of carbonyl (C=O) groups is 1. The molecule has 2 radical (unpaired) electrons. The van der Waals surface area contributed by atoms with Crippen molar-refractivity contribution >= 4 is 5.97 Å². The van der Waals surface area contributed by atoms with Gasteiger partial charge in [-0.05, 0) is 6.42 Å². The second kappa shape index (κ2) is 18.2. The molecule has 0 aromatic rings. The number of ether oxygens (including phenoxy) is 1. The molecule has 0 rings (SSSR count). The summed E-state index contributed by atoms with van der Waals surface area (Å²) in [5, 5.41) is 17.5. The molecule has 0 saturated heterocycles. The van der Waals surface area contributed by atoms with E-state index in [9.17, 15) is 4.79 Å². The van der Waals surface area contributed by atoms with Crippen LogP contribution in [0, 0.1) is 88.1 Å². The first-order valence-corrected chi connectivity index (χ1v) is 5.34. The van der Waals surface area contributed by atoms with Gasteiger partial charge in [0.1, 0.15) is 0 Å². The number of esters is 1. The van der Waals surface area contributed by atoms with Crippen LogP contribution in [0.1, 0.15) is 19.8 Å². The molecule has 0 atom stereocenters. The van der Waals surface area contributed by atoms with Crippen LogP contribution in [0.25, 0.3) is 0 Å². The zero-order valence-corrected chi connectivity index (χ0v) is 20.0. The standard InChI is InChI=1S/C10H21NO4.2Ac/c1-2-9-15-10(14)3-4-11(5-7-12)6-8-13;;/h12-13H,2-9H2,1H3;;. The molecule has 0 aromatic heterocycles. The Labute approximate surface area is 175 Å². The Balaban J connectivity index is -0.000000980. The van der Waals surface area contributed by atoms with Gasteiger partial charge in [-0.15, -0.1) is 0 Å². The fourth-order valence-electron chi connectivity index (χ4n) is 1.16. The fraction of sp³-hybridized carbons (Fsp3) is 0.900. The van der Waals surface area contributed by atoms with Crippen LogP contribution in [-0.4, -0.2) is 60.5 Å². The summed E-state index contributed by atoms with van der Waals surface area (Å²) in [5.41, 5.74) is 0. The van der Waals surface area contributed by atoms with E-state index in [4.69, 9.17) is 14.9 Å². The summed E-state index contributed by atoms with van der Waals surface area (Å²) < 4.78 is 4.91. The van der Waals surface area contributed by atoms with E-state index in [1.807, 2.05) is 11.8 Å². The molecule has 0 aliphatic carbocycles. The van der Waals surface area contributed by atoms with Crippen molar-refractivity contribution in [3.63, 3.8) is 0 Å². The Morgan fingerprint density at radius 2 is 1.65 bits per heavy atom. The summed E-state index contributed by atoms with van der Waals surface area (Å²) in [6, 6.07) is 0. The van der Waals surface area contributed by atoms with Crippen LogP contribution in [0.2, 0.25) is 0 Å². The Bertz CT molecular complexity index is 166. The number of aliphatic hydroxyl groups excluding tert-OH is 2. The van der Waals surface area contributed by atoms with Crippen LogP contribution in [-0.2, 0) is 9.53 Å². The van der Waals surface area contributed by atoms with E-state index < -0.39 is 0 Å². The van der Waals surface area contributed by atoms with Gasteiger partial charge in [0.15, 0.2) is 0 Å². The van der Waals surface area contributed by atoms with Crippen molar-refractivity contribution in [1.82, 2.24) is 4.90 Å². The Kier molecular flexibility index (Phi) is 26.0. The van der Waals surface area contributed by atoms with Crippen molar-refractivity contribution < 1.29 is 108 Å². The predicted octanol–water partition coefficient (Wildman–Crippen LogP) is -0.384. The zero-order valence-electron chi connectivity index (χ0n) is 10.5.